The van der Waals surface area contributed by atoms with Crippen LogP contribution in [0.25, 0.3) is 0 Å². The van der Waals surface area contributed by atoms with E-state index in [2.05, 4.69) is 16.5 Å². The van der Waals surface area contributed by atoms with Crippen LogP contribution in [0.4, 0.5) is 11.6 Å². The highest BCUT2D eigenvalue weighted by Crippen LogP contribution is 2.34. The lowest BCUT2D eigenvalue weighted by atomic mass is 9.93. The monoisotopic (exact) mass is 259 g/mol. The van der Waals surface area contributed by atoms with Gasteiger partial charge in [0.1, 0.15) is 17.5 Å². The van der Waals surface area contributed by atoms with Gasteiger partial charge in [-0.15, -0.1) is 0 Å². The Morgan fingerprint density at radius 3 is 2.47 bits per heavy atom. The maximum Gasteiger partial charge on any atom is 0.168 e. The molecule has 0 saturated heterocycles. The third kappa shape index (κ3) is 2.27. The molecular weight excluding hydrogens is 238 g/mol. The second-order valence-corrected chi connectivity index (χ2v) is 5.73. The largest absolute Gasteiger partial charge is 0.383 e. The van der Waals surface area contributed by atoms with Crippen LogP contribution < -0.4 is 11.1 Å². The molecule has 0 radical (unpaired) electrons. The van der Waals surface area contributed by atoms with Crippen molar-refractivity contribution >= 4 is 11.6 Å². The van der Waals surface area contributed by atoms with Crippen molar-refractivity contribution in [3.63, 3.8) is 0 Å². The average molecular weight is 259 g/mol. The second kappa shape index (κ2) is 5.12. The maximum atomic E-state index is 9.29. The summed E-state index contributed by atoms with van der Waals surface area (Å²) in [6.07, 6.45) is 9.62. The quantitative estimate of drug-likeness (QED) is 0.874. The van der Waals surface area contributed by atoms with Crippen LogP contribution in [0.3, 0.4) is 0 Å². The second-order valence-electron chi connectivity index (χ2n) is 5.73. The van der Waals surface area contributed by atoms with Gasteiger partial charge in [0, 0.05) is 6.04 Å². The first kappa shape index (κ1) is 12.3. The lowest BCUT2D eigenvalue weighted by molar-refractivity contribution is 0.333. The van der Waals surface area contributed by atoms with E-state index in [1.54, 1.807) is 0 Å². The van der Waals surface area contributed by atoms with Crippen LogP contribution in [0.5, 0.6) is 0 Å². The van der Waals surface area contributed by atoms with Crippen molar-refractivity contribution in [1.29, 1.82) is 5.26 Å². The highest BCUT2D eigenvalue weighted by molar-refractivity contribution is 5.64. The number of nitriles is 1. The van der Waals surface area contributed by atoms with Gasteiger partial charge in [-0.25, -0.2) is 4.68 Å². The van der Waals surface area contributed by atoms with Crippen molar-refractivity contribution in [3.8, 4) is 6.07 Å². The van der Waals surface area contributed by atoms with E-state index in [0.29, 0.717) is 29.3 Å². The third-order valence-corrected chi connectivity index (χ3v) is 4.43. The van der Waals surface area contributed by atoms with Crippen LogP contribution >= 0.6 is 0 Å². The van der Waals surface area contributed by atoms with Crippen molar-refractivity contribution in [2.45, 2.75) is 63.5 Å². The van der Waals surface area contributed by atoms with Crippen molar-refractivity contribution in [2.24, 2.45) is 0 Å². The molecule has 0 unspecified atom stereocenters. The van der Waals surface area contributed by atoms with Crippen molar-refractivity contribution in [2.75, 3.05) is 11.1 Å². The van der Waals surface area contributed by atoms with Gasteiger partial charge in [0.15, 0.2) is 5.82 Å². The molecule has 2 aliphatic carbocycles. The summed E-state index contributed by atoms with van der Waals surface area (Å²) in [6.45, 7) is 0. The fourth-order valence-electron chi connectivity index (χ4n) is 3.01. The molecule has 2 fully saturated rings. The summed E-state index contributed by atoms with van der Waals surface area (Å²) in [5, 5.41) is 17.2. The van der Waals surface area contributed by atoms with E-state index in [4.69, 9.17) is 5.73 Å². The predicted octanol–water partition coefficient (Wildman–Crippen LogP) is 2.81. The minimum Gasteiger partial charge on any atom is -0.383 e. The van der Waals surface area contributed by atoms with Crippen LogP contribution in [0.15, 0.2) is 0 Å². The third-order valence-electron chi connectivity index (χ3n) is 4.43. The Morgan fingerprint density at radius 2 is 1.89 bits per heavy atom. The number of hydrogen-bond donors (Lipinski definition) is 2. The summed E-state index contributed by atoms with van der Waals surface area (Å²) in [5.41, 5.74) is 6.64. The van der Waals surface area contributed by atoms with Crippen LogP contribution in [0.1, 0.15) is 63.0 Å². The van der Waals surface area contributed by atoms with Crippen LogP contribution in [0, 0.1) is 11.3 Å². The predicted molar refractivity (Wildman–Crippen MR) is 74.7 cm³/mol. The molecule has 1 aromatic heterocycles. The van der Waals surface area contributed by atoms with E-state index in [1.807, 2.05) is 4.68 Å². The van der Waals surface area contributed by atoms with Crippen LogP contribution in [-0.2, 0) is 0 Å². The average Bonchev–Trinajstić information content (AvgIpc) is 2.71. The van der Waals surface area contributed by atoms with E-state index in [-0.39, 0.29) is 0 Å². The van der Waals surface area contributed by atoms with Crippen molar-refractivity contribution < 1.29 is 0 Å². The minimum absolute atomic E-state index is 0.373. The molecule has 2 saturated carbocycles. The molecule has 0 aromatic carbocycles. The Kier molecular flexibility index (Phi) is 3.33. The number of aromatic nitrogens is 2. The summed E-state index contributed by atoms with van der Waals surface area (Å²) >= 11 is 0. The molecule has 2 aliphatic rings. The molecular formula is C14H21N5. The summed E-state index contributed by atoms with van der Waals surface area (Å²) in [7, 11) is 0. The minimum atomic E-state index is 0.373. The Morgan fingerprint density at radius 1 is 1.16 bits per heavy atom. The van der Waals surface area contributed by atoms with Crippen molar-refractivity contribution in [1.82, 2.24) is 9.78 Å². The highest BCUT2D eigenvalue weighted by atomic mass is 15.4. The molecule has 5 heteroatoms. The maximum absolute atomic E-state index is 9.29. The number of rotatable bonds is 3. The Hall–Kier alpha value is -1.70. The van der Waals surface area contributed by atoms with Gasteiger partial charge in [-0.3, -0.25) is 0 Å². The van der Waals surface area contributed by atoms with E-state index in [1.165, 1.54) is 38.5 Å². The SMILES string of the molecule is N#Cc1c(NC2CCC2)nn(C2CCCCC2)c1N. The first-order chi connectivity index (χ1) is 9.29. The highest BCUT2D eigenvalue weighted by Gasteiger charge is 2.25. The Bertz CT molecular complexity index is 489. The van der Waals surface area contributed by atoms with Gasteiger partial charge in [-0.2, -0.15) is 10.4 Å². The Labute approximate surface area is 113 Å². The first-order valence-electron chi connectivity index (χ1n) is 7.34. The number of anilines is 2. The molecule has 3 rings (SSSR count). The van der Waals surface area contributed by atoms with Gasteiger partial charge in [-0.1, -0.05) is 19.3 Å². The van der Waals surface area contributed by atoms with E-state index in [0.717, 1.165) is 12.8 Å². The van der Waals surface area contributed by atoms with Gasteiger partial charge >= 0.3 is 0 Å². The van der Waals surface area contributed by atoms with Gasteiger partial charge in [0.2, 0.25) is 0 Å². The normalized spacial score (nSPS) is 20.8. The number of hydrogen-bond acceptors (Lipinski definition) is 4. The molecule has 1 heterocycles. The summed E-state index contributed by atoms with van der Waals surface area (Å²) < 4.78 is 1.89. The standard InChI is InChI=1S/C14H21N5/c15-9-12-13(16)19(11-7-2-1-3-8-11)18-14(12)17-10-5-4-6-10/h10-11H,1-8,16H2,(H,17,18). The van der Waals surface area contributed by atoms with Gasteiger partial charge in [0.05, 0.1) is 6.04 Å². The smallest absolute Gasteiger partial charge is 0.168 e. The van der Waals surface area contributed by atoms with Crippen LogP contribution in [0.2, 0.25) is 0 Å². The van der Waals surface area contributed by atoms with Crippen LogP contribution in [-0.4, -0.2) is 15.8 Å². The molecule has 0 bridgehead atoms. The molecule has 0 spiro atoms. The van der Waals surface area contributed by atoms with Gasteiger partial charge < -0.3 is 11.1 Å². The number of nitrogens with two attached hydrogens (primary N) is 1. The zero-order valence-corrected chi connectivity index (χ0v) is 11.2. The molecule has 19 heavy (non-hydrogen) atoms. The fraction of sp³-hybridized carbons (Fsp3) is 0.714. The lowest BCUT2D eigenvalue weighted by Crippen LogP contribution is -2.27. The van der Waals surface area contributed by atoms with E-state index in [9.17, 15) is 5.26 Å². The number of nitrogens with zero attached hydrogens (tertiary/aromatic N) is 3. The summed E-state index contributed by atoms with van der Waals surface area (Å²) in [5.74, 6) is 1.23. The van der Waals surface area contributed by atoms with E-state index < -0.39 is 0 Å². The Balaban J connectivity index is 1.85. The molecule has 0 atom stereocenters. The molecule has 5 nitrogen and oxygen atoms in total. The molecule has 0 aliphatic heterocycles. The fourth-order valence-corrected chi connectivity index (χ4v) is 3.01. The zero-order valence-electron chi connectivity index (χ0n) is 11.2. The zero-order chi connectivity index (χ0) is 13.2. The van der Waals surface area contributed by atoms with Gasteiger partial charge in [0.25, 0.3) is 0 Å². The molecule has 3 N–H and O–H groups in total. The summed E-state index contributed by atoms with van der Waals surface area (Å²) in [4.78, 5) is 0. The molecule has 0 amide bonds. The van der Waals surface area contributed by atoms with Crippen molar-refractivity contribution in [3.05, 3.63) is 5.56 Å². The first-order valence-corrected chi connectivity index (χ1v) is 7.34. The number of nitrogens with one attached hydrogen (secondary N) is 1. The topological polar surface area (TPSA) is 79.7 Å². The lowest BCUT2D eigenvalue weighted by Gasteiger charge is -2.26. The molecule has 102 valence electrons. The number of nitrogen functional groups attached to an aromatic ring is 1. The summed E-state index contributed by atoms with van der Waals surface area (Å²) in [6, 6.07) is 3.05. The molecule has 1 aromatic rings. The van der Waals surface area contributed by atoms with E-state index >= 15 is 0 Å². The van der Waals surface area contributed by atoms with Gasteiger partial charge in [-0.05, 0) is 32.1 Å².